The van der Waals surface area contributed by atoms with E-state index >= 15 is 0 Å². The second-order valence-electron chi connectivity index (χ2n) is 4.65. The highest BCUT2D eigenvalue weighted by atomic mass is 127. The molecule has 1 aromatic carbocycles. The molecule has 0 unspecified atom stereocenters. The van der Waals surface area contributed by atoms with Crippen LogP contribution in [0.15, 0.2) is 28.8 Å². The first-order chi connectivity index (χ1) is 8.73. The van der Waals surface area contributed by atoms with Crippen molar-refractivity contribution in [2.75, 3.05) is 6.67 Å². The standard InChI is InChI=1S/C13H12FIN2O/c14-7-6-13(4-5-13)12-16-11(17-18-12)9-2-1-3-10(15)8-9/h1-3,8H,4-7H2. The van der Waals surface area contributed by atoms with Crippen LogP contribution in [0, 0.1) is 3.57 Å². The average molecular weight is 358 g/mol. The fraction of sp³-hybridized carbons (Fsp3) is 0.385. The molecule has 2 aromatic rings. The summed E-state index contributed by atoms with van der Waals surface area (Å²) in [5.41, 5.74) is 0.759. The van der Waals surface area contributed by atoms with Gasteiger partial charge < -0.3 is 4.52 Å². The fourth-order valence-corrected chi connectivity index (χ4v) is 2.63. The Kier molecular flexibility index (Phi) is 3.09. The smallest absolute Gasteiger partial charge is 0.233 e. The molecule has 3 rings (SSSR count). The highest BCUT2D eigenvalue weighted by Crippen LogP contribution is 2.50. The molecule has 1 aliphatic carbocycles. The van der Waals surface area contributed by atoms with Crippen LogP contribution in [-0.2, 0) is 5.41 Å². The number of nitrogens with zero attached hydrogens (tertiary/aromatic N) is 2. The molecule has 1 heterocycles. The van der Waals surface area contributed by atoms with Crippen LogP contribution in [0.25, 0.3) is 11.4 Å². The van der Waals surface area contributed by atoms with Gasteiger partial charge in [-0.05, 0) is 54.0 Å². The molecule has 0 N–H and O–H groups in total. The normalized spacial score (nSPS) is 16.8. The third-order valence-electron chi connectivity index (χ3n) is 3.39. The lowest BCUT2D eigenvalue weighted by Gasteiger charge is -2.04. The van der Waals surface area contributed by atoms with Crippen molar-refractivity contribution in [2.24, 2.45) is 0 Å². The van der Waals surface area contributed by atoms with Crippen molar-refractivity contribution in [3.63, 3.8) is 0 Å². The number of halogens is 2. The quantitative estimate of drug-likeness (QED) is 0.782. The highest BCUT2D eigenvalue weighted by molar-refractivity contribution is 14.1. The Labute approximate surface area is 118 Å². The Hall–Kier alpha value is -0.980. The van der Waals surface area contributed by atoms with Gasteiger partial charge in [0.15, 0.2) is 0 Å². The minimum Gasteiger partial charge on any atom is -0.338 e. The van der Waals surface area contributed by atoms with Crippen molar-refractivity contribution in [3.8, 4) is 11.4 Å². The molecule has 5 heteroatoms. The zero-order chi connectivity index (χ0) is 12.6. The maximum absolute atomic E-state index is 12.5. The summed E-state index contributed by atoms with van der Waals surface area (Å²) < 4.78 is 18.9. The molecule has 0 spiro atoms. The van der Waals surface area contributed by atoms with Gasteiger partial charge in [-0.3, -0.25) is 4.39 Å². The maximum Gasteiger partial charge on any atom is 0.233 e. The summed E-state index contributed by atoms with van der Waals surface area (Å²) in [6, 6.07) is 7.92. The Morgan fingerprint density at radius 3 is 2.89 bits per heavy atom. The van der Waals surface area contributed by atoms with E-state index in [0.29, 0.717) is 18.1 Å². The first-order valence-corrected chi connectivity index (χ1v) is 6.97. The highest BCUT2D eigenvalue weighted by Gasteiger charge is 2.48. The number of alkyl halides is 1. The molecule has 3 nitrogen and oxygen atoms in total. The maximum atomic E-state index is 12.5. The third kappa shape index (κ3) is 2.15. The molecule has 1 aromatic heterocycles. The molecular weight excluding hydrogens is 346 g/mol. The minimum atomic E-state index is -0.332. The molecule has 0 aliphatic heterocycles. The van der Waals surface area contributed by atoms with E-state index in [9.17, 15) is 4.39 Å². The summed E-state index contributed by atoms with van der Waals surface area (Å²) in [5.74, 6) is 1.18. The number of hydrogen-bond acceptors (Lipinski definition) is 3. The van der Waals surface area contributed by atoms with Crippen molar-refractivity contribution in [2.45, 2.75) is 24.7 Å². The van der Waals surface area contributed by atoms with Crippen LogP contribution in [0.4, 0.5) is 4.39 Å². The van der Waals surface area contributed by atoms with E-state index in [0.717, 1.165) is 22.0 Å². The van der Waals surface area contributed by atoms with Gasteiger partial charge in [-0.25, -0.2) is 0 Å². The van der Waals surface area contributed by atoms with Crippen LogP contribution in [0.5, 0.6) is 0 Å². The van der Waals surface area contributed by atoms with Gasteiger partial charge in [0.05, 0.1) is 12.1 Å². The van der Waals surface area contributed by atoms with Gasteiger partial charge in [-0.1, -0.05) is 17.3 Å². The van der Waals surface area contributed by atoms with Crippen LogP contribution >= 0.6 is 22.6 Å². The number of rotatable bonds is 4. The molecular formula is C13H12FIN2O. The fourth-order valence-electron chi connectivity index (χ4n) is 2.09. The molecule has 18 heavy (non-hydrogen) atoms. The van der Waals surface area contributed by atoms with Crippen LogP contribution in [0.1, 0.15) is 25.2 Å². The Balaban J connectivity index is 1.90. The lowest BCUT2D eigenvalue weighted by atomic mass is 10.0. The van der Waals surface area contributed by atoms with Gasteiger partial charge in [0.1, 0.15) is 0 Å². The number of benzene rings is 1. The van der Waals surface area contributed by atoms with Crippen molar-refractivity contribution in [1.82, 2.24) is 10.1 Å². The molecule has 0 saturated heterocycles. The van der Waals surface area contributed by atoms with Gasteiger partial charge in [0.2, 0.25) is 11.7 Å². The summed E-state index contributed by atoms with van der Waals surface area (Å²) >= 11 is 2.25. The van der Waals surface area contributed by atoms with E-state index in [1.165, 1.54) is 0 Å². The second kappa shape index (κ2) is 4.60. The van der Waals surface area contributed by atoms with E-state index < -0.39 is 0 Å². The third-order valence-corrected chi connectivity index (χ3v) is 4.06. The monoisotopic (exact) mass is 358 g/mol. The van der Waals surface area contributed by atoms with E-state index in [4.69, 9.17) is 4.52 Å². The minimum absolute atomic E-state index is 0.179. The molecule has 1 saturated carbocycles. The molecule has 1 fully saturated rings. The summed E-state index contributed by atoms with van der Waals surface area (Å²) in [6.07, 6.45) is 2.39. The van der Waals surface area contributed by atoms with Gasteiger partial charge >= 0.3 is 0 Å². The van der Waals surface area contributed by atoms with Crippen molar-refractivity contribution in [1.29, 1.82) is 0 Å². The van der Waals surface area contributed by atoms with Crippen LogP contribution < -0.4 is 0 Å². The van der Waals surface area contributed by atoms with Crippen molar-refractivity contribution < 1.29 is 8.91 Å². The van der Waals surface area contributed by atoms with Crippen LogP contribution in [-0.4, -0.2) is 16.8 Å². The average Bonchev–Trinajstić information content (AvgIpc) is 2.97. The zero-order valence-corrected chi connectivity index (χ0v) is 11.9. The van der Waals surface area contributed by atoms with E-state index in [2.05, 4.69) is 32.7 Å². The van der Waals surface area contributed by atoms with Gasteiger partial charge in [-0.15, -0.1) is 0 Å². The predicted molar refractivity (Wildman–Crippen MR) is 74.0 cm³/mol. The summed E-state index contributed by atoms with van der Waals surface area (Å²) in [5, 5.41) is 4.00. The summed E-state index contributed by atoms with van der Waals surface area (Å²) in [6.45, 7) is -0.332. The van der Waals surface area contributed by atoms with Crippen molar-refractivity contribution >= 4 is 22.6 Å². The Morgan fingerprint density at radius 2 is 2.22 bits per heavy atom. The first-order valence-electron chi connectivity index (χ1n) is 5.90. The van der Waals surface area contributed by atoms with Gasteiger partial charge in [0.25, 0.3) is 0 Å². The molecule has 1 aliphatic rings. The number of hydrogen-bond donors (Lipinski definition) is 0. The molecule has 0 atom stereocenters. The summed E-state index contributed by atoms with van der Waals surface area (Å²) in [4.78, 5) is 4.43. The molecule has 0 radical (unpaired) electrons. The van der Waals surface area contributed by atoms with Gasteiger partial charge in [0, 0.05) is 9.13 Å². The molecule has 94 valence electrons. The van der Waals surface area contributed by atoms with Crippen LogP contribution in [0.3, 0.4) is 0 Å². The van der Waals surface area contributed by atoms with Crippen LogP contribution in [0.2, 0.25) is 0 Å². The van der Waals surface area contributed by atoms with E-state index in [-0.39, 0.29) is 12.1 Å². The SMILES string of the molecule is FCCC1(c2nc(-c3cccc(I)c3)no2)CC1. The largest absolute Gasteiger partial charge is 0.338 e. The molecule has 0 amide bonds. The predicted octanol–water partition coefficient (Wildman–Crippen LogP) is 3.73. The second-order valence-corrected chi connectivity index (χ2v) is 5.90. The lowest BCUT2D eigenvalue weighted by molar-refractivity contribution is 0.320. The topological polar surface area (TPSA) is 38.9 Å². The summed E-state index contributed by atoms with van der Waals surface area (Å²) in [7, 11) is 0. The molecule has 0 bridgehead atoms. The van der Waals surface area contributed by atoms with Crippen molar-refractivity contribution in [3.05, 3.63) is 33.7 Å². The Morgan fingerprint density at radius 1 is 1.39 bits per heavy atom. The van der Waals surface area contributed by atoms with Gasteiger partial charge in [-0.2, -0.15) is 4.98 Å². The van der Waals surface area contributed by atoms with E-state index in [1.54, 1.807) is 0 Å². The first kappa shape index (κ1) is 12.1. The lowest BCUT2D eigenvalue weighted by Crippen LogP contribution is -2.07. The number of aromatic nitrogens is 2. The van der Waals surface area contributed by atoms with E-state index in [1.807, 2.05) is 24.3 Å². The zero-order valence-electron chi connectivity index (χ0n) is 9.70. The Bertz CT molecular complexity index is 566.